The molecule has 0 radical (unpaired) electrons. The van der Waals surface area contributed by atoms with Gasteiger partial charge in [-0.05, 0) is 133 Å². The Hall–Kier alpha value is -3.39. The van der Waals surface area contributed by atoms with Crippen molar-refractivity contribution >= 4 is 23.7 Å². The lowest BCUT2D eigenvalue weighted by molar-refractivity contribution is -0.146. The first-order chi connectivity index (χ1) is 27.2. The van der Waals surface area contributed by atoms with Gasteiger partial charge >= 0.3 is 17.9 Å². The van der Waals surface area contributed by atoms with Crippen LogP contribution < -0.4 is 5.43 Å². The topological polar surface area (TPSA) is 174 Å². The summed E-state index contributed by atoms with van der Waals surface area (Å²) in [5.41, 5.74) is 1.14. The maximum atomic E-state index is 11.3. The summed E-state index contributed by atoms with van der Waals surface area (Å²) >= 11 is 0. The highest BCUT2D eigenvalue weighted by molar-refractivity contribution is 5.82. The fourth-order valence-corrected chi connectivity index (χ4v) is 7.88. The third-order valence-corrected chi connectivity index (χ3v) is 9.49. The molecule has 4 fully saturated rings. The van der Waals surface area contributed by atoms with Gasteiger partial charge in [-0.3, -0.25) is 19.2 Å². The predicted molar refractivity (Wildman–Crippen MR) is 249 cm³/mol. The molecule has 2 unspecified atom stereocenters. The van der Waals surface area contributed by atoms with Gasteiger partial charge in [0.1, 0.15) is 17.3 Å². The molecule has 4 aliphatic rings. The summed E-state index contributed by atoms with van der Waals surface area (Å²) in [6.07, 6.45) is 10.7. The molecule has 5 rings (SSSR count). The van der Waals surface area contributed by atoms with Crippen molar-refractivity contribution in [3.05, 3.63) is 45.5 Å². The predicted octanol–water partition coefficient (Wildman–Crippen LogP) is 10.8. The minimum Gasteiger partial charge on any atom is -0.481 e. The van der Waals surface area contributed by atoms with Crippen molar-refractivity contribution in [1.82, 2.24) is 0 Å². The van der Waals surface area contributed by atoms with Gasteiger partial charge in [0.05, 0.1) is 62.0 Å². The van der Waals surface area contributed by atoms with Crippen molar-refractivity contribution in [2.75, 3.05) is 13.2 Å². The number of hydrogen-bond donors (Lipinski definition) is 1. The molecule has 364 valence electrons. The highest BCUT2D eigenvalue weighted by atomic mass is 16.5. The van der Waals surface area contributed by atoms with Gasteiger partial charge in [0.2, 0.25) is 0 Å². The van der Waals surface area contributed by atoms with E-state index >= 15 is 0 Å². The van der Waals surface area contributed by atoms with Gasteiger partial charge in [-0.15, -0.1) is 0 Å². The Labute approximate surface area is 376 Å². The number of aliphatic carboxylic acids is 1. The molecular formula is C49H90O13. The molecule has 0 amide bonds. The highest BCUT2D eigenvalue weighted by Gasteiger charge is 2.27. The molecule has 0 aliphatic carbocycles. The average molecular weight is 887 g/mol. The highest BCUT2D eigenvalue weighted by Crippen LogP contribution is 2.28. The van der Waals surface area contributed by atoms with Crippen LogP contribution in [0.2, 0.25) is 0 Å². The lowest BCUT2D eigenvalue weighted by Gasteiger charge is -2.31. The van der Waals surface area contributed by atoms with E-state index in [1.807, 2.05) is 55.4 Å². The Morgan fingerprint density at radius 3 is 1.29 bits per heavy atom. The maximum Gasteiger partial charge on any atom is 0.330 e. The van der Waals surface area contributed by atoms with Crippen molar-refractivity contribution < 1.29 is 57.1 Å². The fourth-order valence-electron chi connectivity index (χ4n) is 7.88. The van der Waals surface area contributed by atoms with E-state index < -0.39 is 5.97 Å². The van der Waals surface area contributed by atoms with Crippen LogP contribution in [0.25, 0.3) is 0 Å². The molecule has 1 N–H and O–H groups in total. The number of ether oxygens (including phenoxy) is 6. The second-order valence-corrected chi connectivity index (χ2v) is 16.2. The molecule has 4 aliphatic heterocycles. The molecule has 0 spiro atoms. The number of carbonyl (C=O) groups is 4. The molecule has 13 heteroatoms. The number of hydrogen-bond acceptors (Lipinski definition) is 12. The minimum absolute atomic E-state index is 0. The second-order valence-electron chi connectivity index (χ2n) is 16.2. The summed E-state index contributed by atoms with van der Waals surface area (Å²) in [4.78, 5) is 54.3. The second kappa shape index (κ2) is 35.0. The van der Waals surface area contributed by atoms with Crippen molar-refractivity contribution in [1.29, 1.82) is 0 Å². The van der Waals surface area contributed by atoms with Crippen LogP contribution in [0.4, 0.5) is 0 Å². The van der Waals surface area contributed by atoms with Crippen LogP contribution in [-0.4, -0.2) is 90.8 Å². The molecule has 0 bridgehead atoms. The molecule has 62 heavy (non-hydrogen) atoms. The van der Waals surface area contributed by atoms with Crippen LogP contribution in [0.5, 0.6) is 0 Å². The van der Waals surface area contributed by atoms with E-state index in [-0.39, 0.29) is 102 Å². The standard InChI is InChI=1S/C11H20O3.C11H18O3.C9H16O3.C7H12O2.C7H8O2.4CH4/c2*1-4-13-11(12)7-10-5-8(2)14-9(3)6-10;1-6-3-8(5-9(10)11)4-7(2)12-6;2*1-5-3-7(8)4-6(2)9-5;;;;/h8-10H,4-7H2,1-3H3;7-9H,4-6H2,1-3H3;6-8H,3-5H2,1-2H3,(H,10,11);5-6H,3-4H2,1-2H3;3-4H,1-2H3;4*1H4/t8-,9+,10?;8-,9+;6-,7+,8?;5-,6+;;;;;. The molecule has 10 atom stereocenters. The van der Waals surface area contributed by atoms with E-state index in [1.165, 1.54) is 12.1 Å². The number of carboxylic acid groups (broad SMARTS) is 1. The molecule has 5 heterocycles. The number of aryl methyl sites for hydroxylation is 2. The quantitative estimate of drug-likeness (QED) is 0.202. The van der Waals surface area contributed by atoms with Crippen molar-refractivity contribution in [2.24, 2.45) is 11.8 Å². The van der Waals surface area contributed by atoms with Gasteiger partial charge in [0.15, 0.2) is 5.43 Å². The zero-order chi connectivity index (χ0) is 43.9. The average Bonchev–Trinajstić information content (AvgIpc) is 3.03. The molecule has 0 saturated carbocycles. The SMILES string of the molecule is C.C.C.C.CCOC(=O)C=C1C[C@@H](C)O[C@@H](C)C1.CCOC(=O)CC1C[C@@H](C)O[C@@H](C)C1.C[C@@H]1CC(=O)C[C@H](C)O1.C[C@@H]1CC(CC(=O)O)C[C@H](C)O1.Cc1cc(=O)cc(C)o1. The van der Waals surface area contributed by atoms with E-state index in [4.69, 9.17) is 37.9 Å². The molecular weight excluding hydrogens is 797 g/mol. The Balaban J connectivity index is -0.000000337. The molecule has 1 aromatic rings. The van der Waals surface area contributed by atoms with E-state index in [9.17, 15) is 24.0 Å². The van der Waals surface area contributed by atoms with Gasteiger partial charge in [-0.25, -0.2) is 4.79 Å². The largest absolute Gasteiger partial charge is 0.481 e. The van der Waals surface area contributed by atoms with Gasteiger partial charge < -0.3 is 37.9 Å². The number of rotatable bonds is 7. The zero-order valence-electron chi connectivity index (χ0n) is 37.3. The van der Waals surface area contributed by atoms with E-state index in [1.54, 1.807) is 19.9 Å². The number of carbonyl (C=O) groups excluding carboxylic acids is 3. The number of Topliss-reactive ketones (excluding diaryl/α,β-unsaturated/α-hetero) is 1. The molecule has 0 aromatic carbocycles. The third-order valence-electron chi connectivity index (χ3n) is 9.49. The summed E-state index contributed by atoms with van der Waals surface area (Å²) in [6, 6.07) is 2.93. The van der Waals surface area contributed by atoms with Gasteiger partial charge in [-0.1, -0.05) is 35.3 Å². The van der Waals surface area contributed by atoms with Crippen molar-refractivity contribution in [3.63, 3.8) is 0 Å². The summed E-state index contributed by atoms with van der Waals surface area (Å²) in [5.74, 6) is 1.42. The van der Waals surface area contributed by atoms with Crippen LogP contribution in [0, 0.1) is 25.7 Å². The smallest absolute Gasteiger partial charge is 0.330 e. The van der Waals surface area contributed by atoms with Crippen LogP contribution in [-0.2, 0) is 47.6 Å². The van der Waals surface area contributed by atoms with Crippen molar-refractivity contribution in [2.45, 2.75) is 226 Å². The first-order valence-electron chi connectivity index (χ1n) is 21.1. The lowest BCUT2D eigenvalue weighted by Crippen LogP contribution is -2.30. The van der Waals surface area contributed by atoms with Gasteiger partial charge in [0.25, 0.3) is 0 Å². The van der Waals surface area contributed by atoms with E-state index in [2.05, 4.69) is 13.8 Å². The molecule has 13 nitrogen and oxygen atoms in total. The zero-order valence-corrected chi connectivity index (χ0v) is 37.3. The number of carboxylic acids is 1. The van der Waals surface area contributed by atoms with Crippen LogP contribution in [0.15, 0.2) is 33.0 Å². The number of esters is 2. The summed E-state index contributed by atoms with van der Waals surface area (Å²) in [7, 11) is 0. The van der Waals surface area contributed by atoms with Crippen LogP contribution >= 0.6 is 0 Å². The van der Waals surface area contributed by atoms with E-state index in [0.29, 0.717) is 61.6 Å². The first-order valence-corrected chi connectivity index (χ1v) is 21.1. The van der Waals surface area contributed by atoms with Crippen molar-refractivity contribution in [3.8, 4) is 0 Å². The number of ketones is 1. The molecule has 4 saturated heterocycles. The third kappa shape index (κ3) is 31.4. The summed E-state index contributed by atoms with van der Waals surface area (Å²) in [5, 5.41) is 8.60. The Bertz CT molecular complexity index is 1400. The Morgan fingerprint density at radius 2 is 0.952 bits per heavy atom. The van der Waals surface area contributed by atoms with Crippen LogP contribution in [0.1, 0.15) is 175 Å². The van der Waals surface area contributed by atoms with Gasteiger partial charge in [0, 0.05) is 43.9 Å². The Morgan fingerprint density at radius 1 is 0.597 bits per heavy atom. The normalized spacial score (nSPS) is 28.0. The van der Waals surface area contributed by atoms with Crippen LogP contribution in [0.3, 0.4) is 0 Å². The minimum atomic E-state index is -0.693. The monoisotopic (exact) mass is 887 g/mol. The maximum absolute atomic E-state index is 11.3. The van der Waals surface area contributed by atoms with Gasteiger partial charge in [-0.2, -0.15) is 0 Å². The Kier molecular flexibility index (Phi) is 36.8. The molecule has 1 aromatic heterocycles. The fraction of sp³-hybridized carbons (Fsp3) is 0.776. The lowest BCUT2D eigenvalue weighted by atomic mass is 9.90. The first kappa shape index (κ1) is 65.2. The van der Waals surface area contributed by atoms with E-state index in [0.717, 1.165) is 44.1 Å². The summed E-state index contributed by atoms with van der Waals surface area (Å²) < 4.78 is 36.9. The summed E-state index contributed by atoms with van der Waals surface area (Å²) in [6.45, 7) is 24.1.